The molecule has 0 spiro atoms. The van der Waals surface area contributed by atoms with Gasteiger partial charge in [0, 0.05) is 24.4 Å². The quantitative estimate of drug-likeness (QED) is 0.452. The number of nitrogens with zero attached hydrogens (tertiary/aromatic N) is 3. The van der Waals surface area contributed by atoms with Crippen LogP contribution in [0.5, 0.6) is 0 Å². The van der Waals surface area contributed by atoms with Gasteiger partial charge in [-0.3, -0.25) is 14.9 Å². The highest BCUT2D eigenvalue weighted by Crippen LogP contribution is 2.22. The summed E-state index contributed by atoms with van der Waals surface area (Å²) >= 11 is 0. The number of aromatic nitrogens is 2. The molecule has 0 bridgehead atoms. The van der Waals surface area contributed by atoms with Crippen molar-refractivity contribution < 1.29 is 10.0 Å². The third-order valence-electron chi connectivity index (χ3n) is 4.53. The third-order valence-corrected chi connectivity index (χ3v) is 4.53. The maximum Gasteiger partial charge on any atom is 0.267 e. The average molecular weight is 358 g/mol. The molecule has 0 aliphatic rings. The van der Waals surface area contributed by atoms with Gasteiger partial charge in [0.05, 0.1) is 11.4 Å². The van der Waals surface area contributed by atoms with Crippen LogP contribution in [0.4, 0.5) is 0 Å². The fraction of sp³-hybridized carbons (Fsp3) is 0.500. The second-order valence-corrected chi connectivity index (χ2v) is 7.44. The zero-order chi connectivity index (χ0) is 19.3. The van der Waals surface area contributed by atoms with Crippen LogP contribution in [0.2, 0.25) is 0 Å². The summed E-state index contributed by atoms with van der Waals surface area (Å²) in [7, 11) is 0. The lowest BCUT2D eigenvalue weighted by molar-refractivity contribution is -0.124. The molecule has 0 unspecified atom stereocenters. The zero-order valence-corrected chi connectivity index (χ0v) is 16.4. The van der Waals surface area contributed by atoms with Gasteiger partial charge >= 0.3 is 0 Å². The number of pyridine rings is 1. The minimum Gasteiger partial charge on any atom is -0.302 e. The van der Waals surface area contributed by atoms with E-state index in [9.17, 15) is 4.79 Å². The van der Waals surface area contributed by atoms with Crippen molar-refractivity contribution >= 4 is 17.6 Å². The molecule has 0 fully saturated rings. The Hall–Kier alpha value is -2.18. The number of imidazole rings is 1. The van der Waals surface area contributed by atoms with Gasteiger partial charge in [0.1, 0.15) is 5.65 Å². The molecule has 0 saturated carbocycles. The number of carbonyl (C=O) groups is 1. The maximum atomic E-state index is 11.2. The van der Waals surface area contributed by atoms with E-state index in [1.54, 1.807) is 11.6 Å². The first-order valence-electron chi connectivity index (χ1n) is 9.17. The lowest BCUT2D eigenvalue weighted by atomic mass is 10.1. The van der Waals surface area contributed by atoms with E-state index in [4.69, 9.17) is 10.2 Å². The van der Waals surface area contributed by atoms with Crippen molar-refractivity contribution in [2.24, 2.45) is 0 Å². The highest BCUT2D eigenvalue weighted by molar-refractivity contribution is 5.90. The molecule has 1 amide bonds. The first kappa shape index (κ1) is 20.1. The van der Waals surface area contributed by atoms with Crippen LogP contribution in [0, 0.1) is 0 Å². The summed E-state index contributed by atoms with van der Waals surface area (Å²) in [5.74, 6) is -0.552. The largest absolute Gasteiger partial charge is 0.302 e. The molecule has 0 atom stereocenters. The smallest absolute Gasteiger partial charge is 0.267 e. The molecule has 2 heterocycles. The van der Waals surface area contributed by atoms with E-state index in [-0.39, 0.29) is 5.54 Å². The Kier molecular flexibility index (Phi) is 6.56. The summed E-state index contributed by atoms with van der Waals surface area (Å²) in [5, 5.41) is 8.58. The fourth-order valence-electron chi connectivity index (χ4n) is 3.08. The minimum atomic E-state index is -0.552. The van der Waals surface area contributed by atoms with Gasteiger partial charge in [0.2, 0.25) is 0 Å². The van der Waals surface area contributed by atoms with Crippen molar-refractivity contribution in [3.63, 3.8) is 0 Å². The van der Waals surface area contributed by atoms with Crippen LogP contribution in [-0.4, -0.2) is 37.5 Å². The van der Waals surface area contributed by atoms with Gasteiger partial charge in [-0.05, 0) is 57.5 Å². The van der Waals surface area contributed by atoms with Crippen LogP contribution in [0.3, 0.4) is 0 Å². The normalized spacial score (nSPS) is 12.4. The molecule has 2 aromatic rings. The lowest BCUT2D eigenvalue weighted by Gasteiger charge is -2.34. The molecule has 26 heavy (non-hydrogen) atoms. The minimum absolute atomic E-state index is 0.0860. The van der Waals surface area contributed by atoms with Gasteiger partial charge in [0.25, 0.3) is 5.91 Å². The van der Waals surface area contributed by atoms with E-state index in [0.717, 1.165) is 42.8 Å². The van der Waals surface area contributed by atoms with Crippen LogP contribution >= 0.6 is 0 Å². The Morgan fingerprint density at radius 3 is 2.69 bits per heavy atom. The molecule has 142 valence electrons. The number of hydrogen-bond donors (Lipinski definition) is 2. The molecule has 6 heteroatoms. The molecule has 0 aromatic carbocycles. The number of amides is 1. The van der Waals surface area contributed by atoms with Crippen LogP contribution in [0.25, 0.3) is 11.7 Å². The van der Waals surface area contributed by atoms with Crippen LogP contribution in [0.15, 0.2) is 24.4 Å². The first-order chi connectivity index (χ1) is 12.3. The van der Waals surface area contributed by atoms with E-state index in [1.165, 1.54) is 11.8 Å². The van der Waals surface area contributed by atoms with E-state index in [0.29, 0.717) is 0 Å². The predicted molar refractivity (Wildman–Crippen MR) is 104 cm³/mol. The first-order valence-corrected chi connectivity index (χ1v) is 9.17. The molecule has 2 aromatic heterocycles. The Balaban J connectivity index is 2.43. The molecular formula is C20H30N4O2. The summed E-state index contributed by atoms with van der Waals surface area (Å²) < 4.78 is 2.14. The van der Waals surface area contributed by atoms with Crippen molar-refractivity contribution in [2.75, 3.05) is 6.54 Å². The van der Waals surface area contributed by atoms with E-state index in [2.05, 4.69) is 43.9 Å². The van der Waals surface area contributed by atoms with Crippen molar-refractivity contribution in [2.45, 2.75) is 59.5 Å². The standard InChI is InChI=1S/C20H30N4O2/c1-6-8-16-17(14-23(7-2)20(3,4)5)24-12-11-15(13-18(24)21-16)9-10-19(25)22-26/h9-13,26H,6-8,14H2,1-5H3,(H,22,25). The highest BCUT2D eigenvalue weighted by Gasteiger charge is 2.23. The molecular weight excluding hydrogens is 328 g/mol. The van der Waals surface area contributed by atoms with Gasteiger partial charge in [-0.1, -0.05) is 20.3 Å². The molecule has 0 aliphatic heterocycles. The summed E-state index contributed by atoms with van der Waals surface area (Å²) in [6.45, 7) is 12.9. The third kappa shape index (κ3) is 4.71. The topological polar surface area (TPSA) is 69.9 Å². The number of carbonyl (C=O) groups excluding carboxylic acids is 1. The Labute approximate surface area is 155 Å². The second-order valence-electron chi connectivity index (χ2n) is 7.44. The molecule has 2 N–H and O–H groups in total. The average Bonchev–Trinajstić information content (AvgIpc) is 2.93. The van der Waals surface area contributed by atoms with Crippen LogP contribution in [-0.2, 0) is 17.8 Å². The van der Waals surface area contributed by atoms with Crippen molar-refractivity contribution in [3.05, 3.63) is 41.4 Å². The number of aryl methyl sites for hydroxylation is 1. The number of hydroxylamine groups is 1. The fourth-order valence-corrected chi connectivity index (χ4v) is 3.08. The maximum absolute atomic E-state index is 11.2. The van der Waals surface area contributed by atoms with Gasteiger partial charge in [-0.2, -0.15) is 0 Å². The predicted octanol–water partition coefficient (Wildman–Crippen LogP) is 3.43. The lowest BCUT2D eigenvalue weighted by Crippen LogP contribution is -2.41. The SMILES string of the molecule is CCCc1nc2cc(C=CC(=O)NO)ccn2c1CN(CC)C(C)(C)C. The summed E-state index contributed by atoms with van der Waals surface area (Å²) in [5.41, 5.74) is 5.77. The highest BCUT2D eigenvalue weighted by atomic mass is 16.5. The van der Waals surface area contributed by atoms with Crippen molar-refractivity contribution in [3.8, 4) is 0 Å². The number of rotatable bonds is 7. The summed E-state index contributed by atoms with van der Waals surface area (Å²) in [6.07, 6.45) is 6.94. The number of hydrogen-bond acceptors (Lipinski definition) is 4. The Bertz CT molecular complexity index is 787. The molecule has 6 nitrogen and oxygen atoms in total. The zero-order valence-electron chi connectivity index (χ0n) is 16.4. The molecule has 0 saturated heterocycles. The number of nitrogens with one attached hydrogen (secondary N) is 1. The van der Waals surface area contributed by atoms with Gasteiger partial charge < -0.3 is 4.40 Å². The van der Waals surface area contributed by atoms with Crippen LogP contribution in [0.1, 0.15) is 58.0 Å². The van der Waals surface area contributed by atoms with E-state index in [1.807, 2.05) is 18.3 Å². The Morgan fingerprint density at radius 1 is 1.38 bits per heavy atom. The molecule has 0 aliphatic carbocycles. The summed E-state index contributed by atoms with van der Waals surface area (Å²) in [4.78, 5) is 18.4. The van der Waals surface area contributed by atoms with E-state index >= 15 is 0 Å². The number of fused-ring (bicyclic) bond motifs is 1. The Morgan fingerprint density at radius 2 is 2.12 bits per heavy atom. The van der Waals surface area contributed by atoms with Gasteiger partial charge in [0.15, 0.2) is 0 Å². The van der Waals surface area contributed by atoms with Gasteiger partial charge in [-0.15, -0.1) is 0 Å². The summed E-state index contributed by atoms with van der Waals surface area (Å²) in [6, 6.07) is 3.90. The molecule has 0 radical (unpaired) electrons. The van der Waals surface area contributed by atoms with Crippen LogP contribution < -0.4 is 5.48 Å². The van der Waals surface area contributed by atoms with Crippen molar-refractivity contribution in [1.82, 2.24) is 19.8 Å². The monoisotopic (exact) mass is 358 g/mol. The molecule has 2 rings (SSSR count). The van der Waals surface area contributed by atoms with Crippen molar-refractivity contribution in [1.29, 1.82) is 0 Å². The van der Waals surface area contributed by atoms with E-state index < -0.39 is 5.91 Å². The van der Waals surface area contributed by atoms with Gasteiger partial charge in [-0.25, -0.2) is 10.5 Å². The second kappa shape index (κ2) is 8.47.